The first-order chi connectivity index (χ1) is 19.6. The van der Waals surface area contributed by atoms with E-state index in [1.165, 1.54) is 22.4 Å². The number of nitrogens with zero attached hydrogens (tertiary/aromatic N) is 3. The van der Waals surface area contributed by atoms with Crippen molar-refractivity contribution in [3.05, 3.63) is 107 Å². The molecule has 0 saturated carbocycles. The van der Waals surface area contributed by atoms with Gasteiger partial charge in [-0.3, -0.25) is 9.36 Å². The van der Waals surface area contributed by atoms with E-state index in [9.17, 15) is 4.79 Å². The second-order valence-electron chi connectivity index (χ2n) is 10.4. The molecule has 5 N–H and O–H groups in total. The summed E-state index contributed by atoms with van der Waals surface area (Å²) in [5, 5.41) is 13.6. The number of fused-ring (bicyclic) bond motifs is 2. The number of benzene rings is 2. The first kappa shape index (κ1) is 25.8. The first-order valence-electron chi connectivity index (χ1n) is 14.1. The lowest BCUT2D eigenvalue weighted by molar-refractivity contribution is -0.120. The van der Waals surface area contributed by atoms with E-state index in [0.717, 1.165) is 60.1 Å². The molecular weight excluding hydrogens is 498 g/mol. The topological polar surface area (TPSA) is 117 Å². The number of nitrogens with two attached hydrogens (primary N) is 1. The summed E-state index contributed by atoms with van der Waals surface area (Å²) in [5.74, 6) is 1.34. The third kappa shape index (κ3) is 5.10. The number of aromatic nitrogens is 5. The third-order valence-electron chi connectivity index (χ3n) is 7.87. The summed E-state index contributed by atoms with van der Waals surface area (Å²) in [6.45, 7) is 2.06. The molecule has 1 amide bonds. The van der Waals surface area contributed by atoms with Gasteiger partial charge in [0.25, 0.3) is 0 Å². The van der Waals surface area contributed by atoms with E-state index < -0.39 is 6.04 Å². The molecule has 0 bridgehead atoms. The number of nitrogens with one attached hydrogen (secondary N) is 3. The number of aromatic amines is 2. The van der Waals surface area contributed by atoms with Crippen molar-refractivity contribution in [1.82, 2.24) is 30.0 Å². The molecule has 3 heterocycles. The molecule has 0 unspecified atom stereocenters. The van der Waals surface area contributed by atoms with Gasteiger partial charge >= 0.3 is 0 Å². The zero-order valence-corrected chi connectivity index (χ0v) is 22.8. The Labute approximate surface area is 233 Å². The molecule has 0 saturated heterocycles. The van der Waals surface area contributed by atoms with Crippen molar-refractivity contribution in [2.45, 2.75) is 51.5 Å². The predicted octanol–water partition coefficient (Wildman–Crippen LogP) is 4.74. The molecule has 6 rings (SSSR count). The van der Waals surface area contributed by atoms with E-state index in [4.69, 9.17) is 15.9 Å². The minimum absolute atomic E-state index is 0.0936. The molecule has 40 heavy (non-hydrogen) atoms. The van der Waals surface area contributed by atoms with Gasteiger partial charge in [0, 0.05) is 47.5 Å². The van der Waals surface area contributed by atoms with Crippen molar-refractivity contribution in [1.29, 1.82) is 0 Å². The molecule has 8 nitrogen and oxygen atoms in total. The molecule has 1 aliphatic carbocycles. The highest BCUT2D eigenvalue weighted by Crippen LogP contribution is 2.28. The van der Waals surface area contributed by atoms with E-state index in [-0.39, 0.29) is 12.5 Å². The molecule has 1 atom stereocenters. The van der Waals surface area contributed by atoms with E-state index in [1.807, 2.05) is 18.3 Å². The number of amides is 1. The van der Waals surface area contributed by atoms with Gasteiger partial charge in [0.05, 0.1) is 12.6 Å². The minimum Gasteiger partial charge on any atom is -0.361 e. The van der Waals surface area contributed by atoms with Crippen LogP contribution in [0.4, 0.5) is 0 Å². The standard InChI is InChI=1S/C32H35N7O/c1-2-21-11-14-24(15-12-21)39-30(16-13-22-19-34-27-9-5-3-7-25(22)27)37-38-32(39)29(36-31(40)18-33)17-23-20-35-28-10-6-4-8-26(23)28/h4-6,8-12,14-15,19-20,29,34-35H,2-3,7,13,16-18,33H2,1H3,(H,36,40)/t29-/m1/s1. The molecule has 1 aliphatic rings. The Morgan fingerprint density at radius 3 is 2.70 bits per heavy atom. The summed E-state index contributed by atoms with van der Waals surface area (Å²) in [7, 11) is 0. The molecule has 0 fully saturated rings. The largest absolute Gasteiger partial charge is 0.361 e. The lowest BCUT2D eigenvalue weighted by Gasteiger charge is -2.20. The van der Waals surface area contributed by atoms with Gasteiger partial charge in [0.1, 0.15) is 5.82 Å². The molecule has 204 valence electrons. The smallest absolute Gasteiger partial charge is 0.234 e. The SMILES string of the molecule is CCc1ccc(-n2c(CCc3c[nH]c4c3CCC=C4)nnc2[C@@H](Cc2c[nH]c3ccccc23)NC(=O)CN)cc1. The Morgan fingerprint density at radius 1 is 1.05 bits per heavy atom. The molecule has 0 radical (unpaired) electrons. The molecule has 2 aromatic carbocycles. The van der Waals surface area contributed by atoms with Crippen LogP contribution in [0.5, 0.6) is 0 Å². The number of aryl methyl sites for hydroxylation is 3. The minimum atomic E-state index is -0.410. The van der Waals surface area contributed by atoms with Crippen molar-refractivity contribution in [2.24, 2.45) is 5.73 Å². The van der Waals surface area contributed by atoms with Crippen LogP contribution in [-0.4, -0.2) is 37.2 Å². The molecule has 5 aromatic rings. The van der Waals surface area contributed by atoms with Gasteiger partial charge in [-0.15, -0.1) is 10.2 Å². The summed E-state index contributed by atoms with van der Waals surface area (Å²) in [4.78, 5) is 19.4. The fourth-order valence-electron chi connectivity index (χ4n) is 5.71. The maximum atomic E-state index is 12.6. The summed E-state index contributed by atoms with van der Waals surface area (Å²) >= 11 is 0. The maximum absolute atomic E-state index is 12.6. The van der Waals surface area contributed by atoms with Crippen molar-refractivity contribution >= 4 is 22.9 Å². The number of H-pyrrole nitrogens is 2. The lowest BCUT2D eigenvalue weighted by Crippen LogP contribution is -2.36. The fraction of sp³-hybridized carbons (Fsp3) is 0.281. The first-order valence-corrected chi connectivity index (χ1v) is 14.1. The van der Waals surface area contributed by atoms with Crippen LogP contribution in [0.3, 0.4) is 0 Å². The summed E-state index contributed by atoms with van der Waals surface area (Å²) < 4.78 is 2.12. The van der Waals surface area contributed by atoms with Gasteiger partial charge in [-0.2, -0.15) is 0 Å². The van der Waals surface area contributed by atoms with Crippen LogP contribution < -0.4 is 11.1 Å². The van der Waals surface area contributed by atoms with Gasteiger partial charge in [-0.25, -0.2) is 0 Å². The van der Waals surface area contributed by atoms with Crippen LogP contribution in [0, 0.1) is 0 Å². The Bertz CT molecular complexity index is 1650. The van der Waals surface area contributed by atoms with E-state index >= 15 is 0 Å². The van der Waals surface area contributed by atoms with Crippen LogP contribution >= 0.6 is 0 Å². The number of carbonyl (C=O) groups is 1. The quantitative estimate of drug-likeness (QED) is 0.207. The number of rotatable bonds is 10. The second-order valence-corrected chi connectivity index (χ2v) is 10.4. The maximum Gasteiger partial charge on any atom is 0.234 e. The third-order valence-corrected chi connectivity index (χ3v) is 7.87. The average Bonchev–Trinajstić information content (AvgIpc) is 3.73. The number of hydrogen-bond donors (Lipinski definition) is 4. The molecule has 8 heteroatoms. The van der Waals surface area contributed by atoms with E-state index in [2.05, 4.69) is 81.5 Å². The van der Waals surface area contributed by atoms with E-state index in [0.29, 0.717) is 12.2 Å². The van der Waals surface area contributed by atoms with Crippen molar-refractivity contribution < 1.29 is 4.79 Å². The van der Waals surface area contributed by atoms with E-state index in [1.54, 1.807) is 0 Å². The summed E-state index contributed by atoms with van der Waals surface area (Å²) in [6.07, 6.45) is 13.7. The van der Waals surface area contributed by atoms with Gasteiger partial charge in [0.15, 0.2) is 5.82 Å². The predicted molar refractivity (Wildman–Crippen MR) is 158 cm³/mol. The lowest BCUT2D eigenvalue weighted by atomic mass is 9.98. The number of carbonyl (C=O) groups excluding carboxylic acids is 1. The number of allylic oxidation sites excluding steroid dienone is 1. The molecule has 0 aliphatic heterocycles. The van der Waals surface area contributed by atoms with Crippen LogP contribution in [-0.2, 0) is 36.9 Å². The van der Waals surface area contributed by atoms with Crippen molar-refractivity contribution in [3.63, 3.8) is 0 Å². The van der Waals surface area contributed by atoms with Crippen LogP contribution in [0.1, 0.15) is 59.0 Å². The summed E-state index contributed by atoms with van der Waals surface area (Å²) in [5.41, 5.74) is 14.1. The Morgan fingerprint density at radius 2 is 1.88 bits per heavy atom. The molecular formula is C32H35N7O. The normalized spacial score (nSPS) is 13.4. The zero-order chi connectivity index (χ0) is 27.5. The fourth-order valence-corrected chi connectivity index (χ4v) is 5.71. The molecule has 0 spiro atoms. The number of hydrogen-bond acceptors (Lipinski definition) is 4. The van der Waals surface area contributed by atoms with Gasteiger partial charge in [0.2, 0.25) is 5.91 Å². The van der Waals surface area contributed by atoms with Crippen LogP contribution in [0.2, 0.25) is 0 Å². The Kier molecular flexibility index (Phi) is 7.33. The monoisotopic (exact) mass is 533 g/mol. The highest BCUT2D eigenvalue weighted by molar-refractivity contribution is 5.83. The summed E-state index contributed by atoms with van der Waals surface area (Å²) in [6, 6.07) is 16.3. The highest BCUT2D eigenvalue weighted by Gasteiger charge is 2.25. The molecule has 3 aromatic heterocycles. The number of para-hydroxylation sites is 1. The second kappa shape index (κ2) is 11.4. The highest BCUT2D eigenvalue weighted by atomic mass is 16.1. The van der Waals surface area contributed by atoms with Crippen molar-refractivity contribution in [3.8, 4) is 5.69 Å². The Balaban J connectivity index is 1.38. The van der Waals surface area contributed by atoms with Gasteiger partial charge in [-0.05, 0) is 72.2 Å². The van der Waals surface area contributed by atoms with Gasteiger partial charge in [-0.1, -0.05) is 43.3 Å². The van der Waals surface area contributed by atoms with Crippen molar-refractivity contribution in [2.75, 3.05) is 6.54 Å². The van der Waals surface area contributed by atoms with Crippen LogP contribution in [0.25, 0.3) is 22.7 Å². The van der Waals surface area contributed by atoms with Crippen LogP contribution in [0.15, 0.2) is 67.0 Å². The average molecular weight is 534 g/mol. The Hall–Kier alpha value is -4.43. The van der Waals surface area contributed by atoms with Gasteiger partial charge < -0.3 is 21.0 Å². The zero-order valence-electron chi connectivity index (χ0n) is 22.8.